The second-order valence-electron chi connectivity index (χ2n) is 9.22. The van der Waals surface area contributed by atoms with Gasteiger partial charge in [0.2, 0.25) is 0 Å². The predicted octanol–water partition coefficient (Wildman–Crippen LogP) is 5.27. The fourth-order valence-electron chi connectivity index (χ4n) is 4.50. The molecule has 0 saturated heterocycles. The van der Waals surface area contributed by atoms with Crippen molar-refractivity contribution >= 4 is 39.2 Å². The van der Waals surface area contributed by atoms with E-state index in [2.05, 4.69) is 59.5 Å². The van der Waals surface area contributed by atoms with Crippen LogP contribution in [0.25, 0.3) is 55.3 Å². The third-order valence-corrected chi connectivity index (χ3v) is 7.62. The second-order valence-corrected chi connectivity index (χ2v) is 10.5. The number of aryl methyl sites for hydroxylation is 1. The summed E-state index contributed by atoms with van der Waals surface area (Å²) in [6, 6.07) is 7.83. The molecule has 1 aliphatic rings. The molecule has 6 heterocycles. The zero-order valence-corrected chi connectivity index (χ0v) is 20.5. The van der Waals surface area contributed by atoms with Gasteiger partial charge in [0.1, 0.15) is 17.7 Å². The van der Waals surface area contributed by atoms with Crippen LogP contribution in [0, 0.1) is 18.7 Å². The number of fused-ring (bicyclic) bond motifs is 2. The molecule has 9 nitrogen and oxygen atoms in total. The standard InChI is InChI=1S/C26H21FN8OS/c1-12-2-5-18(37-12)16-6-7-29-24-21(16)32-25(33-24)22-19-20(27)17(11-30-23(19)35-34-22)14-8-15(10-28-9-14)31-26(36)13-3-4-13/h2,5-11,13,26,31,36H,3-4H2,1H3,(H,29,32,33)(H,30,34,35). The van der Waals surface area contributed by atoms with E-state index in [0.29, 0.717) is 28.4 Å². The van der Waals surface area contributed by atoms with Crippen molar-refractivity contribution < 1.29 is 9.50 Å². The highest BCUT2D eigenvalue weighted by Gasteiger charge is 2.29. The van der Waals surface area contributed by atoms with Gasteiger partial charge >= 0.3 is 0 Å². The van der Waals surface area contributed by atoms with E-state index in [9.17, 15) is 5.11 Å². The quantitative estimate of drug-likeness (QED) is 0.224. The number of aromatic nitrogens is 7. The molecule has 7 rings (SSSR count). The summed E-state index contributed by atoms with van der Waals surface area (Å²) in [5.41, 5.74) is 4.33. The van der Waals surface area contributed by atoms with E-state index in [1.165, 1.54) is 11.1 Å². The maximum absolute atomic E-state index is 16.0. The topological polar surface area (TPSA) is 128 Å². The highest BCUT2D eigenvalue weighted by molar-refractivity contribution is 7.15. The van der Waals surface area contributed by atoms with Crippen molar-refractivity contribution in [2.24, 2.45) is 5.92 Å². The van der Waals surface area contributed by atoms with Crippen molar-refractivity contribution in [3.8, 4) is 33.1 Å². The number of imidazole rings is 1. The minimum Gasteiger partial charge on any atom is -0.374 e. The monoisotopic (exact) mass is 512 g/mol. The van der Waals surface area contributed by atoms with Crippen LogP contribution >= 0.6 is 11.3 Å². The molecule has 0 spiro atoms. The molecule has 184 valence electrons. The van der Waals surface area contributed by atoms with Gasteiger partial charge in [-0.3, -0.25) is 10.1 Å². The molecule has 0 radical (unpaired) electrons. The van der Waals surface area contributed by atoms with Crippen molar-refractivity contribution in [2.45, 2.75) is 26.0 Å². The Morgan fingerprint density at radius 3 is 2.81 bits per heavy atom. The minimum absolute atomic E-state index is 0.224. The van der Waals surface area contributed by atoms with Crippen LogP contribution in [0.4, 0.5) is 10.1 Å². The van der Waals surface area contributed by atoms with Gasteiger partial charge in [-0.15, -0.1) is 11.3 Å². The van der Waals surface area contributed by atoms with Gasteiger partial charge in [-0.2, -0.15) is 5.10 Å². The van der Waals surface area contributed by atoms with Gasteiger partial charge in [-0.1, -0.05) is 0 Å². The van der Waals surface area contributed by atoms with E-state index in [4.69, 9.17) is 0 Å². The molecule has 0 aliphatic heterocycles. The van der Waals surface area contributed by atoms with E-state index < -0.39 is 12.0 Å². The maximum atomic E-state index is 16.0. The number of nitrogens with one attached hydrogen (secondary N) is 3. The minimum atomic E-state index is -0.646. The Hall–Kier alpha value is -4.22. The summed E-state index contributed by atoms with van der Waals surface area (Å²) >= 11 is 1.68. The number of rotatable bonds is 6. The second kappa shape index (κ2) is 8.43. The van der Waals surface area contributed by atoms with Gasteiger partial charge in [0, 0.05) is 51.0 Å². The molecule has 4 N–H and O–H groups in total. The fraction of sp³-hybridized carbons (Fsp3) is 0.192. The molecule has 1 atom stereocenters. The molecule has 0 bridgehead atoms. The Morgan fingerprint density at radius 1 is 1.11 bits per heavy atom. The lowest BCUT2D eigenvalue weighted by Gasteiger charge is -2.13. The van der Waals surface area contributed by atoms with Crippen molar-refractivity contribution in [3.05, 3.63) is 59.7 Å². The Morgan fingerprint density at radius 2 is 2.00 bits per heavy atom. The average molecular weight is 513 g/mol. The first-order valence-corrected chi connectivity index (χ1v) is 12.7. The van der Waals surface area contributed by atoms with Crippen molar-refractivity contribution in [1.29, 1.82) is 0 Å². The first kappa shape index (κ1) is 22.0. The van der Waals surface area contributed by atoms with Crippen molar-refractivity contribution in [1.82, 2.24) is 35.1 Å². The van der Waals surface area contributed by atoms with E-state index in [1.54, 1.807) is 36.0 Å². The molecule has 1 unspecified atom stereocenters. The molecular weight excluding hydrogens is 491 g/mol. The van der Waals surface area contributed by atoms with E-state index in [0.717, 1.165) is 28.8 Å². The largest absolute Gasteiger partial charge is 0.374 e. The SMILES string of the molecule is Cc1ccc(-c2ccnc3nc(-c4[nH]nc5ncc(-c6cncc(NC(O)C7CC7)c6)c(F)c45)[nH]c23)s1. The Kier molecular flexibility index (Phi) is 5.01. The summed E-state index contributed by atoms with van der Waals surface area (Å²) in [7, 11) is 0. The predicted molar refractivity (Wildman–Crippen MR) is 140 cm³/mol. The number of H-pyrrole nitrogens is 2. The smallest absolute Gasteiger partial charge is 0.184 e. The highest BCUT2D eigenvalue weighted by Crippen LogP contribution is 2.37. The first-order valence-electron chi connectivity index (χ1n) is 11.9. The summed E-state index contributed by atoms with van der Waals surface area (Å²) in [5, 5.41) is 20.6. The third kappa shape index (κ3) is 3.83. The molecule has 1 saturated carbocycles. The molecule has 37 heavy (non-hydrogen) atoms. The van der Waals surface area contributed by atoms with E-state index in [-0.39, 0.29) is 22.5 Å². The van der Waals surface area contributed by atoms with Crippen LogP contribution in [-0.4, -0.2) is 46.5 Å². The molecule has 1 aliphatic carbocycles. The zero-order valence-electron chi connectivity index (χ0n) is 19.7. The summed E-state index contributed by atoms with van der Waals surface area (Å²) < 4.78 is 16.0. The number of hydrogen-bond donors (Lipinski definition) is 4. The molecule has 1 fully saturated rings. The van der Waals surface area contributed by atoms with E-state index >= 15 is 4.39 Å². The van der Waals surface area contributed by atoms with Crippen LogP contribution in [0.2, 0.25) is 0 Å². The van der Waals surface area contributed by atoms with Crippen molar-refractivity contribution in [2.75, 3.05) is 5.32 Å². The summed E-state index contributed by atoms with van der Waals surface area (Å²) in [6.45, 7) is 2.06. The van der Waals surface area contributed by atoms with Crippen LogP contribution in [-0.2, 0) is 0 Å². The number of aromatic amines is 2. The van der Waals surface area contributed by atoms with Gasteiger partial charge in [0.25, 0.3) is 0 Å². The number of nitrogens with zero attached hydrogens (tertiary/aromatic N) is 5. The molecular formula is C26H21FN8OS. The Balaban J connectivity index is 1.31. The number of aliphatic hydroxyl groups is 1. The lowest BCUT2D eigenvalue weighted by atomic mass is 10.1. The van der Waals surface area contributed by atoms with Gasteiger partial charge < -0.3 is 15.4 Å². The normalized spacial score (nSPS) is 14.5. The van der Waals surface area contributed by atoms with Crippen LogP contribution in [0.1, 0.15) is 17.7 Å². The number of thiophene rings is 1. The van der Waals surface area contributed by atoms with Gasteiger partial charge in [0.05, 0.1) is 22.8 Å². The lowest BCUT2D eigenvalue weighted by molar-refractivity contribution is 0.180. The molecule has 11 heteroatoms. The zero-order chi connectivity index (χ0) is 25.1. The highest BCUT2D eigenvalue weighted by atomic mass is 32.1. The fourth-order valence-corrected chi connectivity index (χ4v) is 5.40. The Bertz CT molecular complexity index is 1790. The van der Waals surface area contributed by atoms with Gasteiger partial charge in [-0.25, -0.2) is 19.3 Å². The Labute approximate surface area is 213 Å². The molecule has 6 aromatic heterocycles. The van der Waals surface area contributed by atoms with Crippen LogP contribution in [0.5, 0.6) is 0 Å². The first-order chi connectivity index (χ1) is 18.0. The van der Waals surface area contributed by atoms with Gasteiger partial charge in [0.15, 0.2) is 17.1 Å². The van der Waals surface area contributed by atoms with Gasteiger partial charge in [-0.05, 0) is 44.0 Å². The lowest BCUT2D eigenvalue weighted by Crippen LogP contribution is -2.20. The van der Waals surface area contributed by atoms with Crippen LogP contribution in [0.3, 0.4) is 0 Å². The summed E-state index contributed by atoms with van der Waals surface area (Å²) in [5.74, 6) is 0.178. The van der Waals surface area contributed by atoms with E-state index in [1.807, 2.05) is 6.07 Å². The maximum Gasteiger partial charge on any atom is 0.184 e. The van der Waals surface area contributed by atoms with Crippen LogP contribution in [0.15, 0.2) is 49.1 Å². The number of pyridine rings is 3. The third-order valence-electron chi connectivity index (χ3n) is 6.59. The number of hydrogen-bond acceptors (Lipinski definition) is 8. The summed E-state index contributed by atoms with van der Waals surface area (Å²) in [6.07, 6.45) is 7.68. The average Bonchev–Trinajstić information content (AvgIpc) is 3.29. The molecule has 6 aromatic rings. The van der Waals surface area contributed by atoms with Crippen molar-refractivity contribution in [3.63, 3.8) is 0 Å². The van der Waals surface area contributed by atoms with Crippen LogP contribution < -0.4 is 5.32 Å². The molecule has 0 aromatic carbocycles. The number of halogens is 1. The number of anilines is 1. The number of aliphatic hydroxyl groups excluding tert-OH is 1. The summed E-state index contributed by atoms with van der Waals surface area (Å²) in [4.78, 5) is 23.3. The molecule has 0 amide bonds.